The number of carboxylic acids is 1. The molecule has 0 aliphatic carbocycles. The Morgan fingerprint density at radius 3 is 2.79 bits per heavy atom. The third-order valence-corrected chi connectivity index (χ3v) is 3.92. The Morgan fingerprint density at radius 2 is 2.07 bits per heavy atom. The summed E-state index contributed by atoms with van der Waals surface area (Å²) in [6, 6.07) is 4.79. The van der Waals surface area contributed by atoms with Crippen LogP contribution in [-0.4, -0.2) is 42.5 Å². The van der Waals surface area contributed by atoms with Crippen molar-refractivity contribution in [2.24, 2.45) is 7.05 Å². The Bertz CT molecular complexity index is 988. The van der Waals surface area contributed by atoms with Crippen molar-refractivity contribution in [1.29, 1.82) is 0 Å². The van der Waals surface area contributed by atoms with Crippen LogP contribution in [0.5, 0.6) is 0 Å². The van der Waals surface area contributed by atoms with Gasteiger partial charge in [0.1, 0.15) is 17.1 Å². The summed E-state index contributed by atoms with van der Waals surface area (Å²) in [5.74, 6) is -1.36. The molecule has 3 heterocycles. The fourth-order valence-electron chi connectivity index (χ4n) is 2.58. The Labute approximate surface area is 158 Å². The van der Waals surface area contributed by atoms with Crippen LogP contribution in [-0.2, 0) is 24.9 Å². The summed E-state index contributed by atoms with van der Waals surface area (Å²) in [6.45, 7) is 0.280. The van der Waals surface area contributed by atoms with Crippen LogP contribution < -0.4 is 10.6 Å². The molecule has 0 radical (unpaired) electrons. The molecule has 0 atom stereocenters. The number of anilines is 1. The second-order valence-corrected chi connectivity index (χ2v) is 5.84. The van der Waals surface area contributed by atoms with Crippen LogP contribution in [0, 0.1) is 0 Å². The van der Waals surface area contributed by atoms with Crippen molar-refractivity contribution in [3.05, 3.63) is 54.0 Å². The number of nitrogens with one attached hydrogen (secondary N) is 2. The normalized spacial score (nSPS) is 10.6. The molecule has 3 aromatic rings. The van der Waals surface area contributed by atoms with Crippen molar-refractivity contribution in [2.75, 3.05) is 5.32 Å². The summed E-state index contributed by atoms with van der Waals surface area (Å²) in [4.78, 5) is 35.7. The van der Waals surface area contributed by atoms with E-state index < -0.39 is 17.8 Å². The number of furan rings is 1. The van der Waals surface area contributed by atoms with E-state index in [4.69, 9.17) is 9.52 Å². The highest BCUT2D eigenvalue weighted by atomic mass is 16.4. The lowest BCUT2D eigenvalue weighted by Gasteiger charge is -2.09. The molecule has 0 bridgehead atoms. The highest BCUT2D eigenvalue weighted by Crippen LogP contribution is 2.15. The summed E-state index contributed by atoms with van der Waals surface area (Å²) < 4.78 is 7.74. The van der Waals surface area contributed by atoms with Gasteiger partial charge in [-0.2, -0.15) is 10.2 Å². The number of nitrogens with zero attached hydrogens (tertiary/aromatic N) is 4. The molecule has 0 fully saturated rings. The number of rotatable bonds is 8. The van der Waals surface area contributed by atoms with E-state index in [-0.39, 0.29) is 36.6 Å². The molecule has 0 saturated heterocycles. The Kier molecular flexibility index (Phi) is 5.53. The molecule has 3 aromatic heterocycles. The zero-order chi connectivity index (χ0) is 20.1. The zero-order valence-electron chi connectivity index (χ0n) is 15.0. The van der Waals surface area contributed by atoms with Gasteiger partial charge in [-0.05, 0) is 18.2 Å². The van der Waals surface area contributed by atoms with Gasteiger partial charge in [0.05, 0.1) is 31.2 Å². The summed E-state index contributed by atoms with van der Waals surface area (Å²) >= 11 is 0. The van der Waals surface area contributed by atoms with Gasteiger partial charge in [0, 0.05) is 19.7 Å². The lowest BCUT2D eigenvalue weighted by atomic mass is 10.3. The Morgan fingerprint density at radius 1 is 1.25 bits per heavy atom. The van der Waals surface area contributed by atoms with Gasteiger partial charge in [-0.25, -0.2) is 4.79 Å². The first-order valence-corrected chi connectivity index (χ1v) is 8.33. The van der Waals surface area contributed by atoms with E-state index in [1.165, 1.54) is 34.1 Å². The third kappa shape index (κ3) is 4.26. The Balaban J connectivity index is 1.61. The predicted molar refractivity (Wildman–Crippen MR) is 95.5 cm³/mol. The quantitative estimate of drug-likeness (QED) is 0.521. The molecular formula is C17H18N6O5. The summed E-state index contributed by atoms with van der Waals surface area (Å²) in [5.41, 5.74) is 0.431. The summed E-state index contributed by atoms with van der Waals surface area (Å²) in [7, 11) is 1.58. The zero-order valence-corrected chi connectivity index (χ0v) is 15.0. The van der Waals surface area contributed by atoms with Crippen molar-refractivity contribution in [1.82, 2.24) is 24.9 Å². The number of aryl methyl sites for hydroxylation is 2. The number of aromatic nitrogens is 4. The van der Waals surface area contributed by atoms with Crippen LogP contribution in [0.2, 0.25) is 0 Å². The van der Waals surface area contributed by atoms with Crippen molar-refractivity contribution < 1.29 is 23.9 Å². The van der Waals surface area contributed by atoms with Gasteiger partial charge in [-0.1, -0.05) is 0 Å². The molecule has 2 amide bonds. The molecule has 0 saturated carbocycles. The molecule has 146 valence electrons. The van der Waals surface area contributed by atoms with Crippen LogP contribution in [0.1, 0.15) is 33.2 Å². The molecule has 3 N–H and O–H groups in total. The van der Waals surface area contributed by atoms with Gasteiger partial charge in [0.2, 0.25) is 5.91 Å². The molecule has 28 heavy (non-hydrogen) atoms. The van der Waals surface area contributed by atoms with E-state index in [0.29, 0.717) is 5.76 Å². The maximum absolute atomic E-state index is 12.4. The van der Waals surface area contributed by atoms with Crippen molar-refractivity contribution in [3.8, 4) is 0 Å². The van der Waals surface area contributed by atoms with E-state index in [0.717, 1.165) is 0 Å². The summed E-state index contributed by atoms with van der Waals surface area (Å²) in [5, 5.41) is 22.3. The first kappa shape index (κ1) is 18.9. The standard InChI is InChI=1S/C17H18N6O5/c1-22-15(16(25)18-9-11-3-2-8-28-11)12(10-20-22)21-14(24)5-7-23-13(17(26)27)4-6-19-23/h2-4,6,8,10H,5,7,9H2,1H3,(H,18,25)(H,21,24)(H,26,27). The van der Waals surface area contributed by atoms with Gasteiger partial charge in [0.15, 0.2) is 0 Å². The van der Waals surface area contributed by atoms with Crippen LogP contribution in [0.3, 0.4) is 0 Å². The second-order valence-electron chi connectivity index (χ2n) is 5.84. The molecule has 0 aliphatic rings. The number of carboxylic acid groups (broad SMARTS) is 1. The maximum Gasteiger partial charge on any atom is 0.354 e. The van der Waals surface area contributed by atoms with Gasteiger partial charge >= 0.3 is 5.97 Å². The minimum absolute atomic E-state index is 0.00725. The molecule has 3 rings (SSSR count). The third-order valence-electron chi connectivity index (χ3n) is 3.92. The van der Waals surface area contributed by atoms with E-state index in [1.807, 2.05) is 0 Å². The van der Waals surface area contributed by atoms with Crippen molar-refractivity contribution >= 4 is 23.5 Å². The predicted octanol–water partition coefficient (Wildman–Crippen LogP) is 0.867. The summed E-state index contributed by atoms with van der Waals surface area (Å²) in [6.07, 6.45) is 4.21. The lowest BCUT2D eigenvalue weighted by Crippen LogP contribution is -2.27. The number of carbonyl (C=O) groups is 3. The lowest BCUT2D eigenvalue weighted by molar-refractivity contribution is -0.116. The van der Waals surface area contributed by atoms with E-state index in [1.54, 1.807) is 19.2 Å². The molecule has 11 heteroatoms. The van der Waals surface area contributed by atoms with Crippen LogP contribution in [0.25, 0.3) is 0 Å². The molecule has 0 aliphatic heterocycles. The average Bonchev–Trinajstić information content (AvgIpc) is 3.39. The monoisotopic (exact) mass is 386 g/mol. The number of amides is 2. The number of aromatic carboxylic acids is 1. The van der Waals surface area contributed by atoms with Crippen molar-refractivity contribution in [2.45, 2.75) is 19.5 Å². The molecular weight excluding hydrogens is 368 g/mol. The molecule has 0 aromatic carbocycles. The Hall–Kier alpha value is -3.89. The average molecular weight is 386 g/mol. The first-order chi connectivity index (χ1) is 13.5. The minimum Gasteiger partial charge on any atom is -0.477 e. The van der Waals surface area contributed by atoms with E-state index >= 15 is 0 Å². The largest absolute Gasteiger partial charge is 0.477 e. The van der Waals surface area contributed by atoms with Gasteiger partial charge in [-0.3, -0.25) is 19.0 Å². The van der Waals surface area contributed by atoms with Gasteiger partial charge < -0.3 is 20.2 Å². The fourth-order valence-corrected chi connectivity index (χ4v) is 2.58. The topological polar surface area (TPSA) is 144 Å². The van der Waals surface area contributed by atoms with Crippen LogP contribution in [0.15, 0.2) is 41.3 Å². The van der Waals surface area contributed by atoms with E-state index in [2.05, 4.69) is 20.8 Å². The van der Waals surface area contributed by atoms with E-state index in [9.17, 15) is 14.4 Å². The van der Waals surface area contributed by atoms with Gasteiger partial charge in [0.25, 0.3) is 5.91 Å². The highest BCUT2D eigenvalue weighted by Gasteiger charge is 2.19. The minimum atomic E-state index is -1.12. The first-order valence-electron chi connectivity index (χ1n) is 8.33. The molecule has 0 spiro atoms. The smallest absolute Gasteiger partial charge is 0.354 e. The maximum atomic E-state index is 12.4. The number of hydrogen-bond donors (Lipinski definition) is 3. The van der Waals surface area contributed by atoms with Crippen LogP contribution in [0.4, 0.5) is 5.69 Å². The molecule has 0 unspecified atom stereocenters. The number of hydrogen-bond acceptors (Lipinski definition) is 6. The van der Waals surface area contributed by atoms with Crippen LogP contribution >= 0.6 is 0 Å². The molecule has 11 nitrogen and oxygen atoms in total. The van der Waals surface area contributed by atoms with Crippen molar-refractivity contribution in [3.63, 3.8) is 0 Å². The fraction of sp³-hybridized carbons (Fsp3) is 0.235. The number of carbonyl (C=O) groups excluding carboxylic acids is 2. The van der Waals surface area contributed by atoms with Gasteiger partial charge in [-0.15, -0.1) is 0 Å². The highest BCUT2D eigenvalue weighted by molar-refractivity contribution is 6.02. The SMILES string of the molecule is Cn1ncc(NC(=O)CCn2nccc2C(=O)O)c1C(=O)NCc1ccco1. The second kappa shape index (κ2) is 8.20.